The third-order valence-electron chi connectivity index (χ3n) is 5.46. The number of carbonyl (C=O) groups is 1. The number of aryl methyl sites for hydroxylation is 1. The molecular formula is C19H24INO2. The zero-order valence-corrected chi connectivity index (χ0v) is 16.1. The molecule has 1 aromatic rings. The molecule has 4 heteroatoms. The molecule has 0 aliphatic carbocycles. The Kier molecular flexibility index (Phi) is 4.99. The van der Waals surface area contributed by atoms with E-state index >= 15 is 0 Å². The largest absolute Gasteiger partial charge is 0.469 e. The van der Waals surface area contributed by atoms with E-state index in [1.165, 1.54) is 30.4 Å². The summed E-state index contributed by atoms with van der Waals surface area (Å²) in [6.45, 7) is 4.25. The maximum atomic E-state index is 12.6. The van der Waals surface area contributed by atoms with Gasteiger partial charge in [0.2, 0.25) is 0 Å². The molecule has 3 nitrogen and oxygen atoms in total. The maximum Gasteiger partial charge on any atom is 0.311 e. The van der Waals surface area contributed by atoms with E-state index in [-0.39, 0.29) is 23.8 Å². The number of rotatable bonds is 3. The molecule has 4 atom stereocenters. The van der Waals surface area contributed by atoms with Gasteiger partial charge in [0.25, 0.3) is 0 Å². The number of carbonyl (C=O) groups excluding carboxylic acids is 1. The van der Waals surface area contributed by atoms with E-state index in [0.717, 1.165) is 12.8 Å². The first-order valence-corrected chi connectivity index (χ1v) is 9.51. The van der Waals surface area contributed by atoms with Crippen molar-refractivity contribution < 1.29 is 9.53 Å². The van der Waals surface area contributed by atoms with Gasteiger partial charge in [0, 0.05) is 23.7 Å². The molecule has 2 heterocycles. The van der Waals surface area contributed by atoms with Crippen molar-refractivity contribution in [1.82, 2.24) is 4.90 Å². The summed E-state index contributed by atoms with van der Waals surface area (Å²) < 4.78 is 7.32. The van der Waals surface area contributed by atoms with Gasteiger partial charge in [-0.2, -0.15) is 0 Å². The molecule has 0 N–H and O–H groups in total. The number of methoxy groups -OCH3 is 1. The predicted molar refractivity (Wildman–Crippen MR) is 100 cm³/mol. The Morgan fingerprint density at radius 3 is 2.61 bits per heavy atom. The van der Waals surface area contributed by atoms with Gasteiger partial charge in [0.15, 0.2) is 0 Å². The first-order valence-electron chi connectivity index (χ1n) is 8.26. The number of allylic oxidation sites excluding steroid dienone is 1. The molecule has 124 valence electrons. The molecule has 2 aliphatic heterocycles. The lowest BCUT2D eigenvalue weighted by Gasteiger charge is -2.45. The number of hydrogen-bond donors (Lipinski definition) is 0. The summed E-state index contributed by atoms with van der Waals surface area (Å²) in [6.07, 6.45) is 3.28. The van der Waals surface area contributed by atoms with E-state index in [2.05, 4.69) is 69.7 Å². The summed E-state index contributed by atoms with van der Waals surface area (Å²) in [5.74, 6) is 0.124. The third kappa shape index (κ3) is 3.02. The Morgan fingerprint density at radius 1 is 1.30 bits per heavy atom. The van der Waals surface area contributed by atoms with Crippen LogP contribution in [0.4, 0.5) is 0 Å². The van der Waals surface area contributed by atoms with Crippen LogP contribution in [0.3, 0.4) is 0 Å². The highest BCUT2D eigenvalue weighted by Gasteiger charge is 2.51. The summed E-state index contributed by atoms with van der Waals surface area (Å²) >= 11 is 2.30. The second-order valence-corrected chi connectivity index (χ2v) is 7.38. The molecule has 3 rings (SSSR count). The quantitative estimate of drug-likeness (QED) is 0.531. The van der Waals surface area contributed by atoms with Crippen molar-refractivity contribution in [2.45, 2.75) is 51.1 Å². The first-order chi connectivity index (χ1) is 11.1. The van der Waals surface area contributed by atoms with Crippen LogP contribution < -0.4 is 0 Å². The van der Waals surface area contributed by atoms with E-state index in [1.54, 1.807) is 0 Å². The van der Waals surface area contributed by atoms with Crippen LogP contribution in [0.1, 0.15) is 43.2 Å². The minimum absolute atomic E-state index is 0.0628. The zero-order chi connectivity index (χ0) is 16.6. The fraction of sp³-hybridized carbons (Fsp3) is 0.526. The van der Waals surface area contributed by atoms with Crippen LogP contribution in [-0.2, 0) is 9.53 Å². The van der Waals surface area contributed by atoms with Gasteiger partial charge in [-0.15, -0.1) is 0 Å². The highest BCUT2D eigenvalue weighted by Crippen LogP contribution is 2.48. The van der Waals surface area contributed by atoms with Gasteiger partial charge in [-0.05, 0) is 42.8 Å². The molecule has 2 fully saturated rings. The van der Waals surface area contributed by atoms with E-state index in [9.17, 15) is 4.79 Å². The molecule has 0 aromatic heterocycles. The van der Waals surface area contributed by atoms with Gasteiger partial charge in [0.05, 0.1) is 13.0 Å². The summed E-state index contributed by atoms with van der Waals surface area (Å²) in [6, 6.07) is 9.47. The maximum absolute atomic E-state index is 12.6. The number of halogens is 1. The summed E-state index contributed by atoms with van der Waals surface area (Å²) in [5.41, 5.74) is 3.81. The van der Waals surface area contributed by atoms with Crippen molar-refractivity contribution in [3.8, 4) is 0 Å². The molecule has 0 unspecified atom stereocenters. The van der Waals surface area contributed by atoms with Crippen LogP contribution in [-0.4, -0.2) is 30.1 Å². The topological polar surface area (TPSA) is 29.5 Å². The number of esters is 1. The van der Waals surface area contributed by atoms with Crippen LogP contribution in [0.15, 0.2) is 34.0 Å². The van der Waals surface area contributed by atoms with Crippen LogP contribution in [0.2, 0.25) is 0 Å². The molecule has 0 saturated carbocycles. The monoisotopic (exact) mass is 425 g/mol. The molecule has 2 bridgehead atoms. The molecular weight excluding hydrogens is 401 g/mol. The van der Waals surface area contributed by atoms with Gasteiger partial charge in [-0.25, -0.2) is 0 Å². The van der Waals surface area contributed by atoms with Gasteiger partial charge in [-0.1, -0.05) is 52.4 Å². The number of benzene rings is 1. The SMILES string of the molecule is COC(=O)[C@H]1[C@@H](c2ccc(C)cc2)C[C@@H]2CC[C@H]1N2/C(C)=C/I. The fourth-order valence-electron chi connectivity index (χ4n) is 4.42. The van der Waals surface area contributed by atoms with E-state index in [4.69, 9.17) is 4.74 Å². The van der Waals surface area contributed by atoms with Crippen molar-refractivity contribution in [1.29, 1.82) is 0 Å². The van der Waals surface area contributed by atoms with Crippen molar-refractivity contribution in [2.75, 3.05) is 7.11 Å². The highest BCUT2D eigenvalue weighted by molar-refractivity contribution is 14.1. The minimum atomic E-state index is -0.0762. The number of ether oxygens (including phenoxy) is 1. The van der Waals surface area contributed by atoms with Crippen molar-refractivity contribution in [2.24, 2.45) is 5.92 Å². The summed E-state index contributed by atoms with van der Waals surface area (Å²) in [7, 11) is 1.51. The Labute approximate surface area is 152 Å². The first kappa shape index (κ1) is 16.8. The summed E-state index contributed by atoms with van der Waals surface area (Å²) in [4.78, 5) is 15.1. The lowest BCUT2D eigenvalue weighted by Crippen LogP contribution is -2.50. The van der Waals surface area contributed by atoms with Crippen LogP contribution in [0, 0.1) is 12.8 Å². The molecule has 1 aromatic carbocycles. The van der Waals surface area contributed by atoms with Gasteiger partial charge >= 0.3 is 5.97 Å². The van der Waals surface area contributed by atoms with Gasteiger partial charge in [-0.3, -0.25) is 4.79 Å². The van der Waals surface area contributed by atoms with E-state index < -0.39 is 0 Å². The Morgan fingerprint density at radius 2 is 2.00 bits per heavy atom. The molecule has 0 amide bonds. The van der Waals surface area contributed by atoms with Gasteiger partial charge < -0.3 is 9.64 Å². The van der Waals surface area contributed by atoms with Crippen LogP contribution in [0.25, 0.3) is 0 Å². The molecule has 2 saturated heterocycles. The molecule has 23 heavy (non-hydrogen) atoms. The Hall–Kier alpha value is -1.04. The van der Waals surface area contributed by atoms with Crippen LogP contribution in [0.5, 0.6) is 0 Å². The smallest absolute Gasteiger partial charge is 0.311 e. The Bertz CT molecular complexity index is 610. The minimum Gasteiger partial charge on any atom is -0.469 e. The average molecular weight is 425 g/mol. The van der Waals surface area contributed by atoms with Crippen molar-refractivity contribution in [3.05, 3.63) is 45.2 Å². The van der Waals surface area contributed by atoms with E-state index in [0.29, 0.717) is 6.04 Å². The second-order valence-electron chi connectivity index (χ2n) is 6.76. The van der Waals surface area contributed by atoms with Crippen LogP contribution >= 0.6 is 22.6 Å². The van der Waals surface area contributed by atoms with E-state index in [1.807, 2.05) is 0 Å². The average Bonchev–Trinajstić information content (AvgIpc) is 2.88. The van der Waals surface area contributed by atoms with Crippen molar-refractivity contribution >= 4 is 28.6 Å². The number of piperidine rings is 1. The normalized spacial score (nSPS) is 30.4. The lowest BCUT2D eigenvalue weighted by atomic mass is 9.75. The number of hydrogen-bond acceptors (Lipinski definition) is 3. The van der Waals surface area contributed by atoms with Crippen molar-refractivity contribution in [3.63, 3.8) is 0 Å². The predicted octanol–water partition coefficient (Wildman–Crippen LogP) is 4.40. The molecule has 0 radical (unpaired) electrons. The standard InChI is InChI=1S/C19H24INO2/c1-12-4-6-14(7-5-12)16-10-15-8-9-17(18(16)19(22)23-3)21(15)13(2)11-20/h4-7,11,15-18H,8-10H2,1-3H3/b13-11+/t15-,16+,17+,18-/m0/s1. The number of nitrogens with zero attached hydrogens (tertiary/aromatic N) is 1. The highest BCUT2D eigenvalue weighted by atomic mass is 127. The van der Waals surface area contributed by atoms with Gasteiger partial charge in [0.1, 0.15) is 0 Å². The third-order valence-corrected chi connectivity index (χ3v) is 6.37. The summed E-state index contributed by atoms with van der Waals surface area (Å²) in [5, 5.41) is 0. The Balaban J connectivity index is 1.98. The molecule has 0 spiro atoms. The second kappa shape index (κ2) is 6.83. The number of fused-ring (bicyclic) bond motifs is 2. The fourth-order valence-corrected chi connectivity index (χ4v) is 4.75. The lowest BCUT2D eigenvalue weighted by molar-refractivity contribution is -0.150. The molecule has 2 aliphatic rings. The zero-order valence-electron chi connectivity index (χ0n) is 14.0.